The largest absolute Gasteiger partial charge is 0.324 e. The van der Waals surface area contributed by atoms with Crippen LogP contribution < -0.4 is 4.90 Å². The number of hydrogen-bond donors (Lipinski definition) is 0. The number of hydrogen-bond acceptors (Lipinski definition) is 1. The minimum Gasteiger partial charge on any atom is -0.324 e. The SMILES string of the molecule is CN(C(=O)N1CC[C@H]2CCCC[C@H]2C1)c1ccccc1. The Balaban J connectivity index is 1.65. The highest BCUT2D eigenvalue weighted by atomic mass is 16.2. The molecule has 2 amide bonds. The first-order chi connectivity index (χ1) is 9.75. The lowest BCUT2D eigenvalue weighted by atomic mass is 9.75. The van der Waals surface area contributed by atoms with Crippen molar-refractivity contribution in [1.29, 1.82) is 0 Å². The molecular weight excluding hydrogens is 248 g/mol. The lowest BCUT2D eigenvalue weighted by Gasteiger charge is -2.42. The van der Waals surface area contributed by atoms with Gasteiger partial charge in [-0.25, -0.2) is 4.79 Å². The maximum absolute atomic E-state index is 12.6. The van der Waals surface area contributed by atoms with Crippen LogP contribution in [-0.4, -0.2) is 31.1 Å². The van der Waals surface area contributed by atoms with Crippen molar-refractivity contribution in [3.05, 3.63) is 30.3 Å². The van der Waals surface area contributed by atoms with Crippen LogP contribution >= 0.6 is 0 Å². The molecule has 0 aromatic heterocycles. The van der Waals surface area contributed by atoms with E-state index in [4.69, 9.17) is 0 Å². The van der Waals surface area contributed by atoms with E-state index >= 15 is 0 Å². The second-order valence-electron chi connectivity index (χ2n) is 6.22. The van der Waals surface area contributed by atoms with E-state index in [0.717, 1.165) is 30.6 Å². The number of rotatable bonds is 1. The number of fused-ring (bicyclic) bond motifs is 1. The summed E-state index contributed by atoms with van der Waals surface area (Å²) in [6, 6.07) is 10.1. The minimum absolute atomic E-state index is 0.153. The number of nitrogens with zero attached hydrogens (tertiary/aromatic N) is 2. The molecule has 1 aromatic rings. The van der Waals surface area contributed by atoms with Crippen LogP contribution in [0, 0.1) is 11.8 Å². The van der Waals surface area contributed by atoms with Gasteiger partial charge in [0, 0.05) is 25.8 Å². The predicted octanol–water partition coefficient (Wildman–Crippen LogP) is 3.75. The first-order valence-corrected chi connectivity index (χ1v) is 7.83. The third-order valence-corrected chi connectivity index (χ3v) is 4.99. The highest BCUT2D eigenvalue weighted by Gasteiger charge is 2.33. The summed E-state index contributed by atoms with van der Waals surface area (Å²) in [4.78, 5) is 16.5. The van der Waals surface area contributed by atoms with Gasteiger partial charge in [-0.3, -0.25) is 4.90 Å². The van der Waals surface area contributed by atoms with Crippen LogP contribution in [0.2, 0.25) is 0 Å². The predicted molar refractivity (Wildman–Crippen MR) is 81.9 cm³/mol. The molecule has 1 aliphatic heterocycles. The monoisotopic (exact) mass is 272 g/mol. The highest BCUT2D eigenvalue weighted by Crippen LogP contribution is 2.36. The van der Waals surface area contributed by atoms with Gasteiger partial charge in [0.05, 0.1) is 0 Å². The molecule has 0 unspecified atom stereocenters. The third kappa shape index (κ3) is 2.67. The Kier molecular flexibility index (Phi) is 3.95. The molecule has 2 aliphatic rings. The van der Waals surface area contributed by atoms with Crippen LogP contribution in [0.4, 0.5) is 10.5 Å². The summed E-state index contributed by atoms with van der Waals surface area (Å²) in [6.45, 7) is 1.89. The number of amides is 2. The fraction of sp³-hybridized carbons (Fsp3) is 0.588. The number of anilines is 1. The molecule has 2 atom stereocenters. The zero-order valence-corrected chi connectivity index (χ0v) is 12.3. The van der Waals surface area contributed by atoms with E-state index in [9.17, 15) is 4.79 Å². The molecule has 20 heavy (non-hydrogen) atoms. The van der Waals surface area contributed by atoms with Gasteiger partial charge in [0.1, 0.15) is 0 Å². The molecule has 1 aliphatic carbocycles. The summed E-state index contributed by atoms with van der Waals surface area (Å²) in [7, 11) is 1.88. The molecule has 0 bridgehead atoms. The molecule has 0 radical (unpaired) electrons. The first kappa shape index (κ1) is 13.5. The number of likely N-dealkylation sites (tertiary alicyclic amines) is 1. The van der Waals surface area contributed by atoms with E-state index < -0.39 is 0 Å². The summed E-state index contributed by atoms with van der Waals surface area (Å²) < 4.78 is 0. The number of urea groups is 1. The molecule has 1 saturated carbocycles. The number of carbonyl (C=O) groups is 1. The average Bonchev–Trinajstić information content (AvgIpc) is 2.54. The Morgan fingerprint density at radius 3 is 2.55 bits per heavy atom. The smallest absolute Gasteiger partial charge is 0.324 e. The molecular formula is C17H24N2O. The molecule has 1 saturated heterocycles. The summed E-state index contributed by atoms with van der Waals surface area (Å²) in [5, 5.41) is 0. The van der Waals surface area contributed by atoms with E-state index in [0.29, 0.717) is 0 Å². The van der Waals surface area contributed by atoms with Crippen molar-refractivity contribution in [1.82, 2.24) is 4.90 Å². The zero-order chi connectivity index (χ0) is 13.9. The van der Waals surface area contributed by atoms with E-state index in [2.05, 4.69) is 4.90 Å². The molecule has 3 heteroatoms. The van der Waals surface area contributed by atoms with E-state index in [-0.39, 0.29) is 6.03 Å². The summed E-state index contributed by atoms with van der Waals surface area (Å²) in [6.07, 6.45) is 6.61. The number of benzene rings is 1. The Morgan fingerprint density at radius 2 is 1.80 bits per heavy atom. The van der Waals surface area contributed by atoms with Gasteiger partial charge in [-0.05, 0) is 36.8 Å². The van der Waals surface area contributed by atoms with Gasteiger partial charge < -0.3 is 4.90 Å². The van der Waals surface area contributed by atoms with Crippen molar-refractivity contribution in [2.75, 3.05) is 25.0 Å². The van der Waals surface area contributed by atoms with Crippen molar-refractivity contribution in [2.24, 2.45) is 11.8 Å². The third-order valence-electron chi connectivity index (χ3n) is 4.99. The quantitative estimate of drug-likeness (QED) is 0.763. The normalized spacial score (nSPS) is 25.9. The standard InChI is InChI=1S/C17H24N2O/c1-18(16-9-3-2-4-10-16)17(20)19-12-11-14-7-5-6-8-15(14)13-19/h2-4,9-10,14-15H,5-8,11-13H2,1H3/t14-,15+/m1/s1. The maximum atomic E-state index is 12.6. The van der Waals surface area contributed by atoms with Crippen LogP contribution in [0.25, 0.3) is 0 Å². The fourth-order valence-corrected chi connectivity index (χ4v) is 3.75. The lowest BCUT2D eigenvalue weighted by molar-refractivity contribution is 0.105. The van der Waals surface area contributed by atoms with Gasteiger partial charge in [-0.2, -0.15) is 0 Å². The molecule has 3 nitrogen and oxygen atoms in total. The van der Waals surface area contributed by atoms with Crippen LogP contribution in [0.3, 0.4) is 0 Å². The number of para-hydroxylation sites is 1. The minimum atomic E-state index is 0.153. The van der Waals surface area contributed by atoms with Crippen LogP contribution in [-0.2, 0) is 0 Å². The van der Waals surface area contributed by atoms with Crippen LogP contribution in [0.15, 0.2) is 30.3 Å². The Bertz CT molecular complexity index is 459. The van der Waals surface area contributed by atoms with Gasteiger partial charge >= 0.3 is 6.03 Å². The second kappa shape index (κ2) is 5.86. The van der Waals surface area contributed by atoms with Gasteiger partial charge in [0.2, 0.25) is 0 Å². The highest BCUT2D eigenvalue weighted by molar-refractivity contribution is 5.91. The molecule has 1 aromatic carbocycles. The van der Waals surface area contributed by atoms with Crippen molar-refractivity contribution in [3.8, 4) is 0 Å². The summed E-state index contributed by atoms with van der Waals surface area (Å²) in [5.41, 5.74) is 0.975. The molecule has 0 spiro atoms. The maximum Gasteiger partial charge on any atom is 0.324 e. The Morgan fingerprint density at radius 1 is 1.10 bits per heavy atom. The Labute approximate surface area is 121 Å². The van der Waals surface area contributed by atoms with Gasteiger partial charge in [-0.15, -0.1) is 0 Å². The second-order valence-corrected chi connectivity index (χ2v) is 6.22. The first-order valence-electron chi connectivity index (χ1n) is 7.83. The van der Waals surface area contributed by atoms with Gasteiger partial charge in [-0.1, -0.05) is 37.5 Å². The number of carbonyl (C=O) groups excluding carboxylic acids is 1. The average molecular weight is 272 g/mol. The summed E-state index contributed by atoms with van der Waals surface area (Å²) >= 11 is 0. The molecule has 0 N–H and O–H groups in total. The Hall–Kier alpha value is -1.51. The van der Waals surface area contributed by atoms with E-state index in [1.54, 1.807) is 4.90 Å². The molecule has 3 rings (SSSR count). The van der Waals surface area contributed by atoms with E-state index in [1.807, 2.05) is 37.4 Å². The van der Waals surface area contributed by atoms with Gasteiger partial charge in [0.25, 0.3) is 0 Å². The van der Waals surface area contributed by atoms with Crippen molar-refractivity contribution in [3.63, 3.8) is 0 Å². The zero-order valence-electron chi connectivity index (χ0n) is 12.3. The van der Waals surface area contributed by atoms with Crippen molar-refractivity contribution in [2.45, 2.75) is 32.1 Å². The molecule has 108 valence electrons. The summed E-state index contributed by atoms with van der Waals surface area (Å²) in [5.74, 6) is 1.61. The molecule has 1 heterocycles. The topological polar surface area (TPSA) is 23.6 Å². The lowest BCUT2D eigenvalue weighted by Crippen LogP contribution is -2.49. The van der Waals surface area contributed by atoms with Crippen molar-refractivity contribution < 1.29 is 4.79 Å². The van der Waals surface area contributed by atoms with Gasteiger partial charge in [0.15, 0.2) is 0 Å². The van der Waals surface area contributed by atoms with Crippen LogP contribution in [0.5, 0.6) is 0 Å². The van der Waals surface area contributed by atoms with Crippen LogP contribution in [0.1, 0.15) is 32.1 Å². The fourth-order valence-electron chi connectivity index (χ4n) is 3.75. The van der Waals surface area contributed by atoms with Crippen molar-refractivity contribution >= 4 is 11.7 Å². The number of piperidine rings is 1. The molecule has 2 fully saturated rings. The van der Waals surface area contributed by atoms with E-state index in [1.165, 1.54) is 32.1 Å².